The molecule has 0 aliphatic carbocycles. The predicted molar refractivity (Wildman–Crippen MR) is 78.5 cm³/mol. The van der Waals surface area contributed by atoms with Gasteiger partial charge in [-0.3, -0.25) is 4.79 Å². The molecule has 2 aromatic rings. The molecule has 1 N–H and O–H groups in total. The highest BCUT2D eigenvalue weighted by Gasteiger charge is 2.15. The number of rotatable bonds is 2. The van der Waals surface area contributed by atoms with Gasteiger partial charge in [0, 0.05) is 3.57 Å². The molecule has 0 aliphatic heterocycles. The third-order valence-electron chi connectivity index (χ3n) is 2.38. The zero-order valence-electron chi connectivity index (χ0n) is 9.38. The van der Waals surface area contributed by atoms with Crippen LogP contribution in [0.5, 0.6) is 0 Å². The van der Waals surface area contributed by atoms with Gasteiger partial charge in [0.05, 0.1) is 16.3 Å². The van der Waals surface area contributed by atoms with Gasteiger partial charge in [-0.1, -0.05) is 17.7 Å². The molecule has 2 rings (SSSR count). The van der Waals surface area contributed by atoms with E-state index in [2.05, 4.69) is 5.32 Å². The van der Waals surface area contributed by atoms with E-state index >= 15 is 0 Å². The maximum absolute atomic E-state index is 13.7. The number of halogens is 4. The lowest BCUT2D eigenvalue weighted by molar-refractivity contribution is 0.102. The molecule has 98 valence electrons. The van der Waals surface area contributed by atoms with E-state index in [1.807, 2.05) is 22.6 Å². The number of hydrogen-bond donors (Lipinski definition) is 1. The van der Waals surface area contributed by atoms with Crippen LogP contribution in [0.15, 0.2) is 36.4 Å². The summed E-state index contributed by atoms with van der Waals surface area (Å²) in [5, 5.41) is 2.39. The highest BCUT2D eigenvalue weighted by molar-refractivity contribution is 14.1. The topological polar surface area (TPSA) is 29.1 Å². The Morgan fingerprint density at radius 2 is 1.95 bits per heavy atom. The van der Waals surface area contributed by atoms with Crippen LogP contribution in [0.1, 0.15) is 10.4 Å². The van der Waals surface area contributed by atoms with Crippen LogP contribution in [0.25, 0.3) is 0 Å². The molecule has 2 nitrogen and oxygen atoms in total. The first kappa shape index (κ1) is 14.2. The second kappa shape index (κ2) is 5.83. The molecular weight excluding hydrogens is 387 g/mol. The van der Waals surface area contributed by atoms with Crippen LogP contribution in [0, 0.1) is 15.2 Å². The number of anilines is 1. The number of benzene rings is 2. The van der Waals surface area contributed by atoms with Crippen LogP contribution in [0.4, 0.5) is 14.5 Å². The minimum Gasteiger partial charge on any atom is -0.321 e. The van der Waals surface area contributed by atoms with E-state index in [1.165, 1.54) is 36.4 Å². The van der Waals surface area contributed by atoms with E-state index in [-0.39, 0.29) is 10.6 Å². The molecule has 0 radical (unpaired) electrons. The molecule has 6 heteroatoms. The Balaban J connectivity index is 2.28. The molecule has 2 aromatic carbocycles. The first-order valence-electron chi connectivity index (χ1n) is 5.19. The lowest BCUT2D eigenvalue weighted by Crippen LogP contribution is -2.14. The van der Waals surface area contributed by atoms with Gasteiger partial charge in [0.25, 0.3) is 5.91 Å². The molecule has 0 bridgehead atoms. The fraction of sp³-hybridized carbons (Fsp3) is 0. The SMILES string of the molecule is O=C(Nc1ccc(F)cc1I)c1cccc(Cl)c1F. The quantitative estimate of drug-likeness (QED) is 0.749. The van der Waals surface area contributed by atoms with Crippen LogP contribution < -0.4 is 5.32 Å². The van der Waals surface area contributed by atoms with Crippen molar-refractivity contribution in [2.24, 2.45) is 0 Å². The van der Waals surface area contributed by atoms with Gasteiger partial charge in [-0.25, -0.2) is 8.78 Å². The summed E-state index contributed by atoms with van der Waals surface area (Å²) in [5.74, 6) is -1.82. The van der Waals surface area contributed by atoms with Gasteiger partial charge in [0.1, 0.15) is 5.82 Å². The van der Waals surface area contributed by atoms with Crippen molar-refractivity contribution in [2.45, 2.75) is 0 Å². The monoisotopic (exact) mass is 393 g/mol. The Hall–Kier alpha value is -1.21. The Bertz CT molecular complexity index is 649. The summed E-state index contributed by atoms with van der Waals surface area (Å²) in [7, 11) is 0. The molecule has 0 aliphatic rings. The normalized spacial score (nSPS) is 10.3. The van der Waals surface area contributed by atoms with E-state index in [0.29, 0.717) is 9.26 Å². The number of amides is 1. The smallest absolute Gasteiger partial charge is 0.258 e. The first-order chi connectivity index (χ1) is 8.99. The fourth-order valence-electron chi connectivity index (χ4n) is 1.46. The van der Waals surface area contributed by atoms with E-state index in [0.717, 1.165) is 0 Å². The average molecular weight is 394 g/mol. The van der Waals surface area contributed by atoms with Gasteiger partial charge in [0.15, 0.2) is 5.82 Å². The summed E-state index contributed by atoms with van der Waals surface area (Å²) in [6.07, 6.45) is 0. The van der Waals surface area contributed by atoms with Crippen LogP contribution in [-0.4, -0.2) is 5.91 Å². The predicted octanol–water partition coefficient (Wildman–Crippen LogP) is 4.48. The van der Waals surface area contributed by atoms with Crippen LogP contribution in [0.3, 0.4) is 0 Å². The second-order valence-corrected chi connectivity index (χ2v) is 5.25. The molecule has 0 fully saturated rings. The van der Waals surface area contributed by atoms with E-state index in [1.54, 1.807) is 0 Å². The van der Waals surface area contributed by atoms with Crippen molar-refractivity contribution in [3.8, 4) is 0 Å². The molecule has 0 spiro atoms. The van der Waals surface area contributed by atoms with Gasteiger partial charge >= 0.3 is 0 Å². The molecule has 0 aromatic heterocycles. The Labute approximate surface area is 126 Å². The van der Waals surface area contributed by atoms with E-state index < -0.39 is 17.5 Å². The highest BCUT2D eigenvalue weighted by atomic mass is 127. The number of carbonyl (C=O) groups excluding carboxylic acids is 1. The molecule has 1 amide bonds. The van der Waals surface area contributed by atoms with Crippen molar-refractivity contribution in [1.29, 1.82) is 0 Å². The third-order valence-corrected chi connectivity index (χ3v) is 3.56. The Kier molecular flexibility index (Phi) is 4.36. The van der Waals surface area contributed by atoms with Crippen LogP contribution >= 0.6 is 34.2 Å². The lowest BCUT2D eigenvalue weighted by Gasteiger charge is -2.08. The molecule has 0 heterocycles. The second-order valence-electron chi connectivity index (χ2n) is 3.68. The van der Waals surface area contributed by atoms with Crippen molar-refractivity contribution < 1.29 is 13.6 Å². The molecule has 0 unspecified atom stereocenters. The maximum Gasteiger partial charge on any atom is 0.258 e. The first-order valence-corrected chi connectivity index (χ1v) is 6.65. The summed E-state index contributed by atoms with van der Waals surface area (Å²) in [6.45, 7) is 0. The molecule has 19 heavy (non-hydrogen) atoms. The van der Waals surface area contributed by atoms with Gasteiger partial charge in [-0.15, -0.1) is 0 Å². The fourth-order valence-corrected chi connectivity index (χ4v) is 2.25. The minimum absolute atomic E-state index is 0.124. The van der Waals surface area contributed by atoms with Crippen molar-refractivity contribution >= 4 is 45.8 Å². The maximum atomic E-state index is 13.7. The van der Waals surface area contributed by atoms with Gasteiger partial charge in [-0.05, 0) is 52.9 Å². The molecule has 0 saturated heterocycles. The standard InChI is InChI=1S/C13H7ClF2INO/c14-9-3-1-2-8(12(9)16)13(19)18-11-5-4-7(15)6-10(11)17/h1-6H,(H,18,19). The van der Waals surface area contributed by atoms with Gasteiger partial charge < -0.3 is 5.32 Å². The summed E-state index contributed by atoms with van der Waals surface area (Å²) >= 11 is 7.49. The molecule has 0 saturated carbocycles. The Morgan fingerprint density at radius 1 is 1.21 bits per heavy atom. The van der Waals surface area contributed by atoms with E-state index in [4.69, 9.17) is 11.6 Å². The van der Waals surface area contributed by atoms with Gasteiger partial charge in [-0.2, -0.15) is 0 Å². The van der Waals surface area contributed by atoms with Crippen LogP contribution in [-0.2, 0) is 0 Å². The van der Waals surface area contributed by atoms with Crippen molar-refractivity contribution in [2.75, 3.05) is 5.32 Å². The summed E-state index contributed by atoms with van der Waals surface area (Å²) in [5.41, 5.74) is 0.249. The summed E-state index contributed by atoms with van der Waals surface area (Å²) in [6, 6.07) is 8.06. The number of hydrogen-bond acceptors (Lipinski definition) is 1. The zero-order valence-corrected chi connectivity index (χ0v) is 12.3. The van der Waals surface area contributed by atoms with Crippen molar-refractivity contribution in [1.82, 2.24) is 0 Å². The average Bonchev–Trinajstić information content (AvgIpc) is 2.36. The van der Waals surface area contributed by atoms with Crippen molar-refractivity contribution in [3.05, 3.63) is 62.2 Å². The van der Waals surface area contributed by atoms with E-state index in [9.17, 15) is 13.6 Å². The highest BCUT2D eigenvalue weighted by Crippen LogP contribution is 2.22. The summed E-state index contributed by atoms with van der Waals surface area (Å²) in [4.78, 5) is 11.9. The Morgan fingerprint density at radius 3 is 2.63 bits per heavy atom. The number of carbonyl (C=O) groups is 1. The molecule has 0 atom stereocenters. The van der Waals surface area contributed by atoms with Crippen molar-refractivity contribution in [3.63, 3.8) is 0 Å². The van der Waals surface area contributed by atoms with Gasteiger partial charge in [0.2, 0.25) is 0 Å². The lowest BCUT2D eigenvalue weighted by atomic mass is 10.2. The third kappa shape index (κ3) is 3.22. The summed E-state index contributed by atoms with van der Waals surface area (Å²) < 4.78 is 27.1. The number of nitrogens with one attached hydrogen (secondary N) is 1. The molecular formula is C13H7ClF2INO. The minimum atomic E-state index is -0.779. The zero-order chi connectivity index (χ0) is 14.0. The largest absolute Gasteiger partial charge is 0.321 e. The van der Waals surface area contributed by atoms with Crippen LogP contribution in [0.2, 0.25) is 5.02 Å².